The molecule has 0 bridgehead atoms. The van der Waals surface area contributed by atoms with E-state index in [1.807, 2.05) is 51.1 Å². The first-order valence-electron chi connectivity index (χ1n) is 9.86. The molecule has 0 unspecified atom stereocenters. The highest BCUT2D eigenvalue weighted by molar-refractivity contribution is 6.13. The Morgan fingerprint density at radius 1 is 1.10 bits per heavy atom. The van der Waals surface area contributed by atoms with Crippen molar-refractivity contribution in [2.24, 2.45) is 0 Å². The quantitative estimate of drug-likeness (QED) is 0.471. The van der Waals surface area contributed by atoms with E-state index < -0.39 is 17.7 Å². The topological polar surface area (TPSA) is 88.7 Å². The lowest BCUT2D eigenvalue weighted by Crippen LogP contribution is -2.33. The van der Waals surface area contributed by atoms with Crippen LogP contribution in [0.5, 0.6) is 0 Å². The van der Waals surface area contributed by atoms with Gasteiger partial charge in [-0.1, -0.05) is 30.3 Å². The van der Waals surface area contributed by atoms with Gasteiger partial charge in [0.25, 0.3) is 0 Å². The smallest absolute Gasteiger partial charge is 0.410 e. The van der Waals surface area contributed by atoms with Crippen molar-refractivity contribution in [3.05, 3.63) is 59.2 Å². The van der Waals surface area contributed by atoms with Crippen molar-refractivity contribution >= 4 is 29.3 Å². The third kappa shape index (κ3) is 4.77. The summed E-state index contributed by atoms with van der Waals surface area (Å²) in [6, 6.07) is 12.7. The van der Waals surface area contributed by atoms with Gasteiger partial charge in [0, 0.05) is 30.1 Å². The minimum absolute atomic E-state index is 0.334. The third-order valence-corrected chi connectivity index (χ3v) is 4.75. The van der Waals surface area contributed by atoms with E-state index in [2.05, 4.69) is 4.98 Å². The van der Waals surface area contributed by atoms with Crippen molar-refractivity contribution in [3.63, 3.8) is 0 Å². The van der Waals surface area contributed by atoms with Crippen LogP contribution in [0.4, 0.5) is 4.79 Å². The molecule has 0 aliphatic rings. The van der Waals surface area contributed by atoms with Crippen LogP contribution in [-0.4, -0.2) is 48.0 Å². The predicted molar refractivity (Wildman–Crippen MR) is 118 cm³/mol. The number of carbonyl (C=O) groups is 3. The molecular formula is C24H26N2O5. The van der Waals surface area contributed by atoms with Crippen molar-refractivity contribution in [2.45, 2.75) is 32.9 Å². The van der Waals surface area contributed by atoms with Gasteiger partial charge in [-0.25, -0.2) is 9.59 Å². The van der Waals surface area contributed by atoms with Crippen molar-refractivity contribution in [1.82, 2.24) is 9.88 Å². The minimum Gasteiger partial charge on any atom is -0.465 e. The largest absolute Gasteiger partial charge is 0.465 e. The van der Waals surface area contributed by atoms with Crippen LogP contribution in [0, 0.1) is 0 Å². The maximum atomic E-state index is 12.2. The fourth-order valence-corrected chi connectivity index (χ4v) is 3.35. The zero-order valence-corrected chi connectivity index (χ0v) is 18.3. The highest BCUT2D eigenvalue weighted by Gasteiger charge is 2.21. The molecular weight excluding hydrogens is 396 g/mol. The van der Waals surface area contributed by atoms with E-state index in [4.69, 9.17) is 9.47 Å². The monoisotopic (exact) mass is 422 g/mol. The van der Waals surface area contributed by atoms with Gasteiger partial charge in [0.2, 0.25) is 0 Å². The molecule has 0 saturated carbocycles. The molecule has 2 aromatic carbocycles. The van der Waals surface area contributed by atoms with Gasteiger partial charge >= 0.3 is 12.1 Å². The molecule has 162 valence electrons. The van der Waals surface area contributed by atoms with Gasteiger partial charge in [0.15, 0.2) is 6.29 Å². The number of carbonyl (C=O) groups excluding carboxylic acids is 3. The number of nitrogens with one attached hydrogen (secondary N) is 1. The first-order chi connectivity index (χ1) is 14.6. The average molecular weight is 422 g/mol. The Morgan fingerprint density at radius 2 is 1.77 bits per heavy atom. The number of hydrogen-bond acceptors (Lipinski definition) is 5. The number of rotatable bonds is 5. The van der Waals surface area contributed by atoms with Crippen LogP contribution in [0.1, 0.15) is 47.1 Å². The number of H-pyrrole nitrogens is 1. The fraction of sp³-hybridized carbons (Fsp3) is 0.292. The maximum absolute atomic E-state index is 12.2. The number of nitrogens with zero attached hydrogens (tertiary/aromatic N) is 1. The number of benzene rings is 2. The standard InChI is InChI=1S/C24H26N2O5/c1-24(2,3)31-23(29)26(4)13-15-9-11-16(12-10-15)21-18(14-27)20-17(22(28)30-5)7-6-8-19(20)25-21/h6-12,14,25H,13H2,1-5H3. The summed E-state index contributed by atoms with van der Waals surface area (Å²) in [6.07, 6.45) is 0.343. The Bertz CT molecular complexity index is 1120. The molecule has 1 aromatic heterocycles. The third-order valence-electron chi connectivity index (χ3n) is 4.75. The summed E-state index contributed by atoms with van der Waals surface area (Å²) in [6.45, 7) is 5.85. The summed E-state index contributed by atoms with van der Waals surface area (Å²) in [5.41, 5.74) is 3.17. The molecule has 1 heterocycles. The van der Waals surface area contributed by atoms with Crippen molar-refractivity contribution in [2.75, 3.05) is 14.2 Å². The molecule has 3 rings (SSSR count). The number of esters is 1. The Hall–Kier alpha value is -3.61. The molecule has 0 fully saturated rings. The number of amides is 1. The lowest BCUT2D eigenvalue weighted by atomic mass is 10.0. The average Bonchev–Trinajstić information content (AvgIpc) is 3.11. The molecule has 31 heavy (non-hydrogen) atoms. The van der Waals surface area contributed by atoms with Crippen molar-refractivity contribution in [3.8, 4) is 11.3 Å². The molecule has 0 radical (unpaired) electrons. The number of ether oxygens (including phenoxy) is 2. The van der Waals surface area contributed by atoms with Gasteiger partial charge in [0.05, 0.1) is 18.4 Å². The number of aldehydes is 1. The lowest BCUT2D eigenvalue weighted by Gasteiger charge is -2.24. The number of hydrogen-bond donors (Lipinski definition) is 1. The SMILES string of the molecule is COC(=O)c1cccc2[nH]c(-c3ccc(CN(C)C(=O)OC(C)(C)C)cc3)c(C=O)c12. The number of methoxy groups -OCH3 is 1. The molecule has 3 aromatic rings. The Balaban J connectivity index is 1.90. The van der Waals surface area contributed by atoms with Gasteiger partial charge in [-0.15, -0.1) is 0 Å². The first kappa shape index (κ1) is 22.1. The second-order valence-electron chi connectivity index (χ2n) is 8.28. The van der Waals surface area contributed by atoms with Crippen LogP contribution < -0.4 is 0 Å². The molecule has 7 nitrogen and oxygen atoms in total. The predicted octanol–water partition coefficient (Wildman–Crippen LogP) is 4.80. The molecule has 1 amide bonds. The molecule has 0 spiro atoms. The van der Waals surface area contributed by atoms with Crippen LogP contribution in [0.25, 0.3) is 22.2 Å². The molecule has 7 heteroatoms. The van der Waals surface area contributed by atoms with Crippen LogP contribution in [-0.2, 0) is 16.0 Å². The first-order valence-corrected chi connectivity index (χ1v) is 9.86. The Labute approximate surface area is 181 Å². The van der Waals surface area contributed by atoms with Gasteiger partial charge < -0.3 is 19.4 Å². The Morgan fingerprint density at radius 3 is 2.35 bits per heavy atom. The summed E-state index contributed by atoms with van der Waals surface area (Å²) >= 11 is 0. The van der Waals surface area contributed by atoms with E-state index in [1.165, 1.54) is 12.0 Å². The van der Waals surface area contributed by atoms with E-state index in [9.17, 15) is 14.4 Å². The number of fused-ring (bicyclic) bond motifs is 1. The fourth-order valence-electron chi connectivity index (χ4n) is 3.35. The summed E-state index contributed by atoms with van der Waals surface area (Å²) in [7, 11) is 2.99. The van der Waals surface area contributed by atoms with Crippen molar-refractivity contribution in [1.29, 1.82) is 0 Å². The second-order valence-corrected chi connectivity index (χ2v) is 8.28. The van der Waals surface area contributed by atoms with Gasteiger partial charge in [0.1, 0.15) is 5.60 Å². The number of aromatic amines is 1. The Kier molecular flexibility index (Phi) is 6.15. The van der Waals surface area contributed by atoms with Gasteiger partial charge in [-0.2, -0.15) is 0 Å². The van der Waals surface area contributed by atoms with Crippen LogP contribution in [0.2, 0.25) is 0 Å². The minimum atomic E-state index is -0.556. The van der Waals surface area contributed by atoms with Gasteiger partial charge in [-0.05, 0) is 44.0 Å². The van der Waals surface area contributed by atoms with Crippen LogP contribution >= 0.6 is 0 Å². The zero-order chi connectivity index (χ0) is 22.8. The van der Waals surface area contributed by atoms with E-state index >= 15 is 0 Å². The zero-order valence-electron chi connectivity index (χ0n) is 18.3. The van der Waals surface area contributed by atoms with Crippen LogP contribution in [0.15, 0.2) is 42.5 Å². The van der Waals surface area contributed by atoms with E-state index in [1.54, 1.807) is 19.2 Å². The second kappa shape index (κ2) is 8.63. The summed E-state index contributed by atoms with van der Waals surface area (Å²) in [5, 5.41) is 0.535. The highest BCUT2D eigenvalue weighted by atomic mass is 16.6. The van der Waals surface area contributed by atoms with Crippen LogP contribution in [0.3, 0.4) is 0 Å². The molecule has 0 aliphatic heterocycles. The van der Waals surface area contributed by atoms with Crippen molar-refractivity contribution < 1.29 is 23.9 Å². The van der Waals surface area contributed by atoms with E-state index in [0.29, 0.717) is 34.3 Å². The van der Waals surface area contributed by atoms with E-state index in [0.717, 1.165) is 17.4 Å². The molecule has 0 atom stereocenters. The summed E-state index contributed by atoms with van der Waals surface area (Å²) in [4.78, 5) is 40.9. The van der Waals surface area contributed by atoms with E-state index in [-0.39, 0.29) is 0 Å². The number of aromatic nitrogens is 1. The normalized spacial score (nSPS) is 11.3. The molecule has 1 N–H and O–H groups in total. The maximum Gasteiger partial charge on any atom is 0.410 e. The summed E-state index contributed by atoms with van der Waals surface area (Å²) in [5.74, 6) is -0.500. The highest BCUT2D eigenvalue weighted by Crippen LogP contribution is 2.32. The lowest BCUT2D eigenvalue weighted by molar-refractivity contribution is 0.0285. The molecule has 0 aliphatic carbocycles. The summed E-state index contributed by atoms with van der Waals surface area (Å²) < 4.78 is 10.2. The molecule has 0 saturated heterocycles. The van der Waals surface area contributed by atoms with Gasteiger partial charge in [-0.3, -0.25) is 4.79 Å².